The number of hydrogen-bond donors (Lipinski definition) is 1. The van der Waals surface area contributed by atoms with Gasteiger partial charge in [-0.25, -0.2) is 0 Å². The summed E-state index contributed by atoms with van der Waals surface area (Å²) in [4.78, 5) is 14.4. The lowest BCUT2D eigenvalue weighted by Crippen LogP contribution is -2.49. The van der Waals surface area contributed by atoms with Gasteiger partial charge >= 0.3 is 0 Å². The van der Waals surface area contributed by atoms with E-state index in [1.807, 2.05) is 41.0 Å². The molecule has 1 N–H and O–H groups in total. The second kappa shape index (κ2) is 7.74. The Hall–Kier alpha value is -1.95. The van der Waals surface area contributed by atoms with Crippen LogP contribution in [0.15, 0.2) is 53.3 Å². The van der Waals surface area contributed by atoms with Crippen molar-refractivity contribution in [3.63, 3.8) is 0 Å². The van der Waals surface area contributed by atoms with Crippen molar-refractivity contribution in [2.24, 2.45) is 5.92 Å². The van der Waals surface area contributed by atoms with E-state index in [9.17, 15) is 9.90 Å². The molecule has 3 heterocycles. The molecule has 1 aromatic heterocycles. The fourth-order valence-electron chi connectivity index (χ4n) is 4.38. The van der Waals surface area contributed by atoms with Gasteiger partial charge in [-0.2, -0.15) is 0 Å². The van der Waals surface area contributed by atoms with E-state index >= 15 is 0 Å². The zero-order chi connectivity index (χ0) is 17.9. The minimum Gasteiger partial charge on any atom is -0.389 e. The van der Waals surface area contributed by atoms with Crippen molar-refractivity contribution < 1.29 is 9.84 Å². The molecule has 2 aliphatic heterocycles. The second-order valence-corrected chi connectivity index (χ2v) is 7.57. The topological polar surface area (TPSA) is 54.7 Å². The van der Waals surface area contributed by atoms with Crippen molar-refractivity contribution in [3.8, 4) is 0 Å². The largest absolute Gasteiger partial charge is 0.389 e. The molecule has 2 aliphatic rings. The molecule has 0 amide bonds. The van der Waals surface area contributed by atoms with Gasteiger partial charge in [0.05, 0.1) is 19.3 Å². The fourth-order valence-corrected chi connectivity index (χ4v) is 4.38. The minimum absolute atomic E-state index is 0.111. The van der Waals surface area contributed by atoms with E-state index in [-0.39, 0.29) is 5.56 Å². The Labute approximate surface area is 153 Å². The van der Waals surface area contributed by atoms with Gasteiger partial charge in [0.2, 0.25) is 0 Å². The van der Waals surface area contributed by atoms with Crippen LogP contribution in [0.1, 0.15) is 23.6 Å². The summed E-state index contributed by atoms with van der Waals surface area (Å²) in [6, 6.07) is 15.6. The zero-order valence-corrected chi connectivity index (χ0v) is 15.0. The van der Waals surface area contributed by atoms with E-state index in [0.717, 1.165) is 37.3 Å². The number of fused-ring (bicyclic) bond motifs is 4. The van der Waals surface area contributed by atoms with Crippen LogP contribution in [0.2, 0.25) is 0 Å². The molecule has 3 atom stereocenters. The normalized spacial score (nSPS) is 23.4. The highest BCUT2D eigenvalue weighted by atomic mass is 16.5. The lowest BCUT2D eigenvalue weighted by molar-refractivity contribution is -0.00248. The van der Waals surface area contributed by atoms with Crippen LogP contribution in [0, 0.1) is 5.92 Å². The third-order valence-electron chi connectivity index (χ3n) is 5.45. The molecule has 4 rings (SSSR count). The molecule has 0 aliphatic carbocycles. The van der Waals surface area contributed by atoms with Crippen LogP contribution in [0.4, 0.5) is 0 Å². The van der Waals surface area contributed by atoms with Crippen LogP contribution in [0.3, 0.4) is 0 Å². The third-order valence-corrected chi connectivity index (χ3v) is 5.45. The summed E-state index contributed by atoms with van der Waals surface area (Å²) in [5.41, 5.74) is 2.38. The Balaban J connectivity index is 1.30. The van der Waals surface area contributed by atoms with E-state index in [0.29, 0.717) is 31.6 Å². The Morgan fingerprint density at radius 3 is 2.77 bits per heavy atom. The van der Waals surface area contributed by atoms with Crippen molar-refractivity contribution in [3.05, 3.63) is 70.1 Å². The summed E-state index contributed by atoms with van der Waals surface area (Å²) in [6.45, 7) is 4.13. The van der Waals surface area contributed by atoms with Gasteiger partial charge in [0.25, 0.3) is 5.56 Å². The number of aliphatic hydroxyl groups excluding tert-OH is 1. The van der Waals surface area contributed by atoms with Gasteiger partial charge in [-0.1, -0.05) is 36.4 Å². The fraction of sp³-hybridized carbons (Fsp3) is 0.476. The van der Waals surface area contributed by atoms with E-state index in [1.165, 1.54) is 0 Å². The summed E-state index contributed by atoms with van der Waals surface area (Å²) in [5, 5.41) is 10.4. The second-order valence-electron chi connectivity index (χ2n) is 7.57. The number of rotatable bonds is 6. The molecule has 5 nitrogen and oxygen atoms in total. The Morgan fingerprint density at radius 1 is 1.08 bits per heavy atom. The highest BCUT2D eigenvalue weighted by Gasteiger charge is 2.34. The molecule has 0 saturated carbocycles. The predicted molar refractivity (Wildman–Crippen MR) is 100 cm³/mol. The number of likely N-dealkylation sites (tertiary alicyclic amines) is 1. The van der Waals surface area contributed by atoms with Crippen molar-refractivity contribution in [2.45, 2.75) is 31.6 Å². The number of hydrogen-bond acceptors (Lipinski definition) is 4. The number of aliphatic hydroxyl groups is 1. The van der Waals surface area contributed by atoms with Crippen LogP contribution >= 0.6 is 0 Å². The predicted octanol–water partition coefficient (Wildman–Crippen LogP) is 1.85. The lowest BCUT2D eigenvalue weighted by Gasteiger charge is -2.43. The van der Waals surface area contributed by atoms with Crippen LogP contribution < -0.4 is 5.56 Å². The van der Waals surface area contributed by atoms with Crippen molar-refractivity contribution in [1.29, 1.82) is 0 Å². The van der Waals surface area contributed by atoms with Crippen molar-refractivity contribution in [1.82, 2.24) is 9.47 Å². The smallest absolute Gasteiger partial charge is 0.250 e. The SMILES string of the molecule is O=c1cccc2n1C[C@H]1C[C@@H]2CN(C[C@H](O)COCc2ccccc2)C1. The molecule has 0 radical (unpaired) electrons. The summed E-state index contributed by atoms with van der Waals surface area (Å²) < 4.78 is 7.61. The number of nitrogens with zero attached hydrogens (tertiary/aromatic N) is 2. The number of pyridine rings is 1. The minimum atomic E-state index is -0.490. The quantitative estimate of drug-likeness (QED) is 0.860. The van der Waals surface area contributed by atoms with Gasteiger partial charge in [-0.3, -0.25) is 9.69 Å². The molecule has 1 fully saturated rings. The maximum Gasteiger partial charge on any atom is 0.250 e. The van der Waals surface area contributed by atoms with E-state index in [1.54, 1.807) is 6.07 Å². The molecule has 2 aromatic rings. The molecule has 1 aromatic carbocycles. The number of benzene rings is 1. The van der Waals surface area contributed by atoms with Crippen LogP contribution in [-0.2, 0) is 17.9 Å². The highest BCUT2D eigenvalue weighted by Crippen LogP contribution is 2.34. The molecule has 1 saturated heterocycles. The molecule has 0 spiro atoms. The van der Waals surface area contributed by atoms with Gasteiger partial charge in [0, 0.05) is 43.9 Å². The molecular formula is C21H26N2O3. The summed E-state index contributed by atoms with van der Waals surface area (Å²) >= 11 is 0. The number of aromatic nitrogens is 1. The zero-order valence-electron chi connectivity index (χ0n) is 15.0. The molecule has 138 valence electrons. The molecule has 5 heteroatoms. The maximum atomic E-state index is 12.1. The molecule has 26 heavy (non-hydrogen) atoms. The summed E-state index contributed by atoms with van der Waals surface area (Å²) in [7, 11) is 0. The molecule has 0 unspecified atom stereocenters. The highest BCUT2D eigenvalue weighted by molar-refractivity contribution is 5.17. The van der Waals surface area contributed by atoms with Crippen molar-refractivity contribution >= 4 is 0 Å². The standard InChI is InChI=1S/C21H26N2O3/c24-19(15-26-14-16-5-2-1-3-6-16)13-22-10-17-9-18(12-22)20-7-4-8-21(25)23(20)11-17/h1-8,17-19,24H,9-15H2/t17-,18+,19-/m0/s1. The first-order chi connectivity index (χ1) is 12.7. The van der Waals surface area contributed by atoms with Crippen molar-refractivity contribution in [2.75, 3.05) is 26.2 Å². The van der Waals surface area contributed by atoms with Gasteiger partial charge in [0.1, 0.15) is 0 Å². The number of piperidine rings is 1. The average Bonchev–Trinajstić information content (AvgIpc) is 2.63. The Bertz CT molecular complexity index is 789. The molecular weight excluding hydrogens is 328 g/mol. The third kappa shape index (κ3) is 3.90. The van der Waals surface area contributed by atoms with Crippen LogP contribution in [0.25, 0.3) is 0 Å². The van der Waals surface area contributed by atoms with Crippen LogP contribution in [0.5, 0.6) is 0 Å². The van der Waals surface area contributed by atoms with Crippen LogP contribution in [-0.4, -0.2) is 46.9 Å². The molecule has 2 bridgehead atoms. The average molecular weight is 354 g/mol. The van der Waals surface area contributed by atoms with Gasteiger partial charge in [0.15, 0.2) is 0 Å². The maximum absolute atomic E-state index is 12.1. The summed E-state index contributed by atoms with van der Waals surface area (Å²) in [5.74, 6) is 0.868. The van der Waals surface area contributed by atoms with Gasteiger partial charge < -0.3 is 14.4 Å². The van der Waals surface area contributed by atoms with Gasteiger partial charge in [-0.15, -0.1) is 0 Å². The first kappa shape index (κ1) is 17.5. The first-order valence-corrected chi connectivity index (χ1v) is 9.41. The monoisotopic (exact) mass is 354 g/mol. The number of β-amino-alcohol motifs (C(OH)–C–C–N with tert-alkyl or cyclic N) is 1. The van der Waals surface area contributed by atoms with E-state index < -0.39 is 6.10 Å². The van der Waals surface area contributed by atoms with E-state index in [2.05, 4.69) is 11.0 Å². The Kier molecular flexibility index (Phi) is 5.20. The lowest BCUT2D eigenvalue weighted by atomic mass is 9.83. The van der Waals surface area contributed by atoms with Gasteiger partial charge in [-0.05, 0) is 24.0 Å². The van der Waals surface area contributed by atoms with E-state index in [4.69, 9.17) is 4.74 Å². The summed E-state index contributed by atoms with van der Waals surface area (Å²) in [6.07, 6.45) is 0.649. The number of ether oxygens (including phenoxy) is 1. The first-order valence-electron chi connectivity index (χ1n) is 9.41. The Morgan fingerprint density at radius 2 is 1.92 bits per heavy atom.